The Balaban J connectivity index is 1.72. The number of carbonyl (C=O) groups is 2. The van der Waals surface area contributed by atoms with Crippen molar-refractivity contribution < 1.29 is 27.5 Å². The van der Waals surface area contributed by atoms with Crippen molar-refractivity contribution in [3.05, 3.63) is 114 Å². The van der Waals surface area contributed by atoms with Gasteiger partial charge in [0.2, 0.25) is 11.8 Å². The van der Waals surface area contributed by atoms with Gasteiger partial charge in [0.15, 0.2) is 0 Å². The fourth-order valence-corrected chi connectivity index (χ4v) is 6.11. The minimum Gasteiger partial charge on any atom is -0.497 e. The highest BCUT2D eigenvalue weighted by atomic mass is 32.2. The summed E-state index contributed by atoms with van der Waals surface area (Å²) in [6.45, 7) is 8.56. The topological polar surface area (TPSA) is 105 Å². The fourth-order valence-electron chi connectivity index (χ4n) is 4.70. The lowest BCUT2D eigenvalue weighted by atomic mass is 10.1. The van der Waals surface area contributed by atoms with Crippen LogP contribution in [-0.4, -0.2) is 50.4 Å². The lowest BCUT2D eigenvalue weighted by Gasteiger charge is -2.33. The van der Waals surface area contributed by atoms with Crippen LogP contribution in [0.5, 0.6) is 17.2 Å². The van der Waals surface area contributed by atoms with Gasteiger partial charge in [-0.05, 0) is 101 Å². The van der Waals surface area contributed by atoms with Gasteiger partial charge < -0.3 is 19.7 Å². The van der Waals surface area contributed by atoms with Crippen molar-refractivity contribution in [2.75, 3.05) is 18.0 Å². The number of benzene rings is 4. The summed E-state index contributed by atoms with van der Waals surface area (Å²) in [5.41, 5.74) is 1.34. The maximum atomic E-state index is 14.2. The van der Waals surface area contributed by atoms with Crippen LogP contribution in [0.15, 0.2) is 108 Å². The van der Waals surface area contributed by atoms with E-state index in [4.69, 9.17) is 9.47 Å². The molecule has 4 aromatic carbocycles. The van der Waals surface area contributed by atoms with Gasteiger partial charge in [0.1, 0.15) is 29.8 Å². The van der Waals surface area contributed by atoms with Crippen LogP contribution in [0.4, 0.5) is 5.69 Å². The molecule has 0 heterocycles. The molecular weight excluding hydrogens is 602 g/mol. The second-order valence-electron chi connectivity index (χ2n) is 12.0. The van der Waals surface area contributed by atoms with E-state index >= 15 is 0 Å². The Bertz CT molecular complexity index is 1740. The first-order chi connectivity index (χ1) is 21.8. The second kappa shape index (κ2) is 14.5. The van der Waals surface area contributed by atoms with E-state index in [-0.39, 0.29) is 23.0 Å². The maximum absolute atomic E-state index is 14.2. The molecule has 0 aliphatic heterocycles. The molecule has 46 heavy (non-hydrogen) atoms. The average Bonchev–Trinajstić information content (AvgIpc) is 3.02. The summed E-state index contributed by atoms with van der Waals surface area (Å²) in [5.74, 6) is 0.809. The maximum Gasteiger partial charge on any atom is 0.264 e. The van der Waals surface area contributed by atoms with Gasteiger partial charge in [-0.3, -0.25) is 13.9 Å². The number of para-hydroxylation sites is 1. The normalized spacial score (nSPS) is 12.1. The number of ether oxygens (including phenoxy) is 2. The number of anilines is 1. The number of aryl methyl sites for hydroxylation is 1. The molecule has 4 rings (SSSR count). The molecule has 2 amide bonds. The molecule has 0 aliphatic carbocycles. The van der Waals surface area contributed by atoms with E-state index < -0.39 is 34.1 Å². The third-order valence-corrected chi connectivity index (χ3v) is 8.93. The van der Waals surface area contributed by atoms with Crippen molar-refractivity contribution in [3.8, 4) is 17.2 Å². The van der Waals surface area contributed by atoms with E-state index in [9.17, 15) is 18.0 Å². The monoisotopic (exact) mass is 643 g/mol. The van der Waals surface area contributed by atoms with Crippen molar-refractivity contribution in [1.29, 1.82) is 0 Å². The number of hydrogen-bond donors (Lipinski definition) is 1. The van der Waals surface area contributed by atoms with Crippen molar-refractivity contribution in [2.45, 2.75) is 57.6 Å². The molecule has 242 valence electrons. The van der Waals surface area contributed by atoms with Gasteiger partial charge in [-0.25, -0.2) is 8.42 Å². The van der Waals surface area contributed by atoms with Crippen LogP contribution in [0.1, 0.15) is 38.8 Å². The molecule has 10 heteroatoms. The van der Waals surface area contributed by atoms with Gasteiger partial charge in [-0.2, -0.15) is 0 Å². The minimum atomic E-state index is -4.21. The number of nitrogens with one attached hydrogen (secondary N) is 1. The predicted octanol–water partition coefficient (Wildman–Crippen LogP) is 6.32. The Labute approximate surface area is 271 Å². The number of methoxy groups -OCH3 is 1. The van der Waals surface area contributed by atoms with E-state index in [2.05, 4.69) is 5.32 Å². The third-order valence-electron chi connectivity index (χ3n) is 7.14. The second-order valence-corrected chi connectivity index (χ2v) is 13.9. The largest absolute Gasteiger partial charge is 0.497 e. The first kappa shape index (κ1) is 34.1. The molecule has 0 saturated carbocycles. The van der Waals surface area contributed by atoms with Gasteiger partial charge in [0, 0.05) is 12.1 Å². The first-order valence-corrected chi connectivity index (χ1v) is 16.4. The summed E-state index contributed by atoms with van der Waals surface area (Å²) in [6.07, 6.45) is 0. The van der Waals surface area contributed by atoms with Crippen LogP contribution in [0, 0.1) is 6.92 Å². The molecule has 9 nitrogen and oxygen atoms in total. The highest BCUT2D eigenvalue weighted by Crippen LogP contribution is 2.29. The van der Waals surface area contributed by atoms with Gasteiger partial charge in [0.25, 0.3) is 10.0 Å². The summed E-state index contributed by atoms with van der Waals surface area (Å²) in [7, 11) is -2.66. The number of rotatable bonds is 12. The lowest BCUT2D eigenvalue weighted by molar-refractivity contribution is -0.140. The smallest absolute Gasteiger partial charge is 0.264 e. The minimum absolute atomic E-state index is 0.0355. The summed E-state index contributed by atoms with van der Waals surface area (Å²) >= 11 is 0. The Morgan fingerprint density at radius 1 is 0.826 bits per heavy atom. The number of sulfonamides is 1. The molecule has 1 N–H and O–H groups in total. The summed E-state index contributed by atoms with van der Waals surface area (Å²) in [6, 6.07) is 28.4. The zero-order valence-corrected chi connectivity index (χ0v) is 27.9. The molecule has 0 saturated heterocycles. The Hall–Kier alpha value is -4.83. The van der Waals surface area contributed by atoms with E-state index in [1.807, 2.05) is 64.1 Å². The zero-order valence-electron chi connectivity index (χ0n) is 27.1. The molecule has 0 aromatic heterocycles. The summed E-state index contributed by atoms with van der Waals surface area (Å²) in [4.78, 5) is 29.0. The molecule has 1 atom stereocenters. The van der Waals surface area contributed by atoms with Crippen molar-refractivity contribution in [3.63, 3.8) is 0 Å². The van der Waals surface area contributed by atoms with Crippen molar-refractivity contribution in [2.24, 2.45) is 0 Å². The van der Waals surface area contributed by atoms with E-state index in [0.29, 0.717) is 17.2 Å². The van der Waals surface area contributed by atoms with Crippen LogP contribution < -0.4 is 19.1 Å². The molecule has 0 radical (unpaired) electrons. The zero-order chi connectivity index (χ0) is 33.5. The van der Waals surface area contributed by atoms with E-state index in [0.717, 1.165) is 15.4 Å². The van der Waals surface area contributed by atoms with E-state index in [1.165, 1.54) is 17.0 Å². The number of nitrogens with zero attached hydrogens (tertiary/aromatic N) is 2. The highest BCUT2D eigenvalue weighted by Gasteiger charge is 2.33. The SMILES string of the molecule is COc1cccc(CN(C(=O)CN(c2ccc(Oc3ccccc3)cc2)S(=O)(=O)c2ccc(C)cc2)C(C)C(=O)NC(C)(C)C)c1. The van der Waals surface area contributed by atoms with Crippen LogP contribution in [0.25, 0.3) is 0 Å². The quantitative estimate of drug-likeness (QED) is 0.194. The Kier molecular flexibility index (Phi) is 10.7. The standard InChI is InChI=1S/C36H41N3O6S/c1-26-15-21-33(22-16-26)46(42,43)39(29-17-19-31(20-18-29)45-30-12-8-7-9-13-30)25-34(40)38(27(2)35(41)37-36(3,4)5)24-28-11-10-14-32(23-28)44-6/h7-23,27H,24-25H2,1-6H3,(H,37,41). The third kappa shape index (κ3) is 8.88. The van der Waals surface area contributed by atoms with Gasteiger partial charge in [0.05, 0.1) is 17.7 Å². The number of amides is 2. The number of carbonyl (C=O) groups excluding carboxylic acids is 2. The van der Waals surface area contributed by atoms with Crippen LogP contribution >= 0.6 is 0 Å². The van der Waals surface area contributed by atoms with Crippen LogP contribution in [-0.2, 0) is 26.2 Å². The predicted molar refractivity (Wildman–Crippen MR) is 180 cm³/mol. The van der Waals surface area contributed by atoms with Crippen LogP contribution in [0.3, 0.4) is 0 Å². The molecule has 0 spiro atoms. The summed E-state index contributed by atoms with van der Waals surface area (Å²) in [5, 5.41) is 2.93. The molecule has 4 aromatic rings. The lowest BCUT2D eigenvalue weighted by Crippen LogP contribution is -2.54. The number of hydrogen-bond acceptors (Lipinski definition) is 6. The molecule has 0 aliphatic rings. The fraction of sp³-hybridized carbons (Fsp3) is 0.278. The van der Waals surface area contributed by atoms with Gasteiger partial charge >= 0.3 is 0 Å². The molecule has 0 fully saturated rings. The van der Waals surface area contributed by atoms with Crippen LogP contribution in [0.2, 0.25) is 0 Å². The molecule has 1 unspecified atom stereocenters. The van der Waals surface area contributed by atoms with Gasteiger partial charge in [-0.1, -0.05) is 48.0 Å². The first-order valence-electron chi connectivity index (χ1n) is 14.9. The van der Waals surface area contributed by atoms with Crippen molar-refractivity contribution >= 4 is 27.5 Å². The Morgan fingerprint density at radius 2 is 1.43 bits per heavy atom. The highest BCUT2D eigenvalue weighted by molar-refractivity contribution is 7.92. The Morgan fingerprint density at radius 3 is 2.04 bits per heavy atom. The van der Waals surface area contributed by atoms with Gasteiger partial charge in [-0.15, -0.1) is 0 Å². The van der Waals surface area contributed by atoms with E-state index in [1.54, 1.807) is 68.6 Å². The summed E-state index contributed by atoms with van der Waals surface area (Å²) < 4.78 is 40.6. The molecular formula is C36H41N3O6S. The average molecular weight is 644 g/mol. The molecule has 0 bridgehead atoms. The van der Waals surface area contributed by atoms with Crippen molar-refractivity contribution in [1.82, 2.24) is 10.2 Å².